The van der Waals surface area contributed by atoms with Crippen molar-refractivity contribution in [1.29, 1.82) is 5.41 Å². The van der Waals surface area contributed by atoms with Gasteiger partial charge in [-0.3, -0.25) is 4.79 Å². The molecule has 68 valence electrons. The summed E-state index contributed by atoms with van der Waals surface area (Å²) in [5.41, 5.74) is 6.04. The summed E-state index contributed by atoms with van der Waals surface area (Å²) in [4.78, 5) is 10.7. The highest BCUT2D eigenvalue weighted by atomic mass is 35.5. The van der Waals surface area contributed by atoms with E-state index in [-0.39, 0.29) is 5.71 Å². The summed E-state index contributed by atoms with van der Waals surface area (Å²) in [7, 11) is 0. The van der Waals surface area contributed by atoms with Crippen molar-refractivity contribution in [2.75, 3.05) is 0 Å². The number of rotatable bonds is 3. The van der Waals surface area contributed by atoms with E-state index in [0.717, 1.165) is 0 Å². The first-order chi connectivity index (χ1) is 6.13. The monoisotopic (exact) mass is 196 g/mol. The van der Waals surface area contributed by atoms with Gasteiger partial charge >= 0.3 is 0 Å². The van der Waals surface area contributed by atoms with Gasteiger partial charge in [-0.1, -0.05) is 30.3 Å². The molecule has 0 bridgehead atoms. The van der Waals surface area contributed by atoms with Crippen molar-refractivity contribution < 1.29 is 4.79 Å². The predicted molar refractivity (Wildman–Crippen MR) is 52.1 cm³/mol. The van der Waals surface area contributed by atoms with Crippen LogP contribution in [0.5, 0.6) is 0 Å². The fourth-order valence-corrected chi connectivity index (χ4v) is 1.02. The highest BCUT2D eigenvalue weighted by Gasteiger charge is 2.17. The van der Waals surface area contributed by atoms with Gasteiger partial charge in [-0.25, -0.2) is 0 Å². The molecular formula is C9H9ClN2O. The minimum absolute atomic E-state index is 0.0422. The number of nitrogens with one attached hydrogen (secondary N) is 1. The summed E-state index contributed by atoms with van der Waals surface area (Å²) in [6.45, 7) is 0. The van der Waals surface area contributed by atoms with E-state index in [1.54, 1.807) is 24.3 Å². The third-order valence-electron chi connectivity index (χ3n) is 1.64. The molecule has 1 aromatic carbocycles. The lowest BCUT2D eigenvalue weighted by molar-refractivity contribution is -0.111. The Bertz CT molecular complexity index is 324. The van der Waals surface area contributed by atoms with Crippen LogP contribution in [0.4, 0.5) is 0 Å². The van der Waals surface area contributed by atoms with Crippen molar-refractivity contribution in [3.8, 4) is 0 Å². The third-order valence-corrected chi connectivity index (χ3v) is 1.88. The molecule has 1 unspecified atom stereocenters. The molecule has 0 aliphatic carbocycles. The minimum Gasteiger partial charge on any atom is -0.315 e. The second kappa shape index (κ2) is 4.16. The summed E-state index contributed by atoms with van der Waals surface area (Å²) in [5.74, 6) is 0. The Labute approximate surface area is 81.0 Å². The van der Waals surface area contributed by atoms with Crippen molar-refractivity contribution in [3.63, 3.8) is 0 Å². The zero-order valence-electron chi connectivity index (χ0n) is 6.83. The highest BCUT2D eigenvalue weighted by Crippen LogP contribution is 2.03. The quantitative estimate of drug-likeness (QED) is 0.563. The van der Waals surface area contributed by atoms with Gasteiger partial charge in [-0.05, 0) is 17.2 Å². The predicted octanol–water partition coefficient (Wildman–Crippen LogP) is 1.15. The summed E-state index contributed by atoms with van der Waals surface area (Å²) >= 11 is 5.17. The first kappa shape index (κ1) is 9.89. The van der Waals surface area contributed by atoms with E-state index in [2.05, 4.69) is 0 Å². The van der Waals surface area contributed by atoms with Crippen molar-refractivity contribution >= 4 is 22.6 Å². The summed E-state index contributed by atoms with van der Waals surface area (Å²) in [6.07, 6.45) is 0. The molecule has 3 N–H and O–H groups in total. The van der Waals surface area contributed by atoms with Crippen molar-refractivity contribution in [2.45, 2.75) is 6.04 Å². The number of benzene rings is 1. The molecule has 1 aromatic rings. The van der Waals surface area contributed by atoms with Crippen LogP contribution in [0.15, 0.2) is 30.3 Å². The van der Waals surface area contributed by atoms with E-state index in [9.17, 15) is 4.79 Å². The van der Waals surface area contributed by atoms with E-state index in [4.69, 9.17) is 22.7 Å². The molecule has 0 radical (unpaired) electrons. The van der Waals surface area contributed by atoms with Gasteiger partial charge < -0.3 is 11.1 Å². The van der Waals surface area contributed by atoms with Crippen LogP contribution in [0.25, 0.3) is 0 Å². The average Bonchev–Trinajstić information content (AvgIpc) is 2.17. The lowest BCUT2D eigenvalue weighted by atomic mass is 10.1. The van der Waals surface area contributed by atoms with Gasteiger partial charge in [0.15, 0.2) is 0 Å². The van der Waals surface area contributed by atoms with Gasteiger partial charge in [0, 0.05) is 0 Å². The van der Waals surface area contributed by atoms with E-state index in [1.807, 2.05) is 6.07 Å². The molecule has 1 rings (SSSR count). The van der Waals surface area contributed by atoms with Gasteiger partial charge in [0.05, 0.1) is 5.71 Å². The smallest absolute Gasteiger partial charge is 0.244 e. The lowest BCUT2D eigenvalue weighted by Gasteiger charge is -2.07. The molecular weight excluding hydrogens is 188 g/mol. The minimum atomic E-state index is -1.04. The maximum atomic E-state index is 10.7. The molecule has 0 aliphatic heterocycles. The zero-order valence-corrected chi connectivity index (χ0v) is 7.58. The van der Waals surface area contributed by atoms with Gasteiger partial charge in [-0.2, -0.15) is 0 Å². The summed E-state index contributed by atoms with van der Waals surface area (Å²) < 4.78 is 0. The number of halogens is 1. The Balaban J connectivity index is 2.86. The maximum Gasteiger partial charge on any atom is 0.244 e. The Morgan fingerprint density at radius 2 is 1.92 bits per heavy atom. The Hall–Kier alpha value is -1.19. The number of carbonyl (C=O) groups excluding carboxylic acids is 1. The molecule has 0 saturated heterocycles. The molecule has 13 heavy (non-hydrogen) atoms. The molecule has 0 heterocycles. The van der Waals surface area contributed by atoms with Crippen LogP contribution >= 0.6 is 11.6 Å². The average molecular weight is 197 g/mol. The Morgan fingerprint density at radius 1 is 1.38 bits per heavy atom. The third kappa shape index (κ3) is 2.37. The van der Waals surface area contributed by atoms with E-state index in [1.165, 1.54) is 0 Å². The summed E-state index contributed by atoms with van der Waals surface area (Å²) in [5, 5.41) is 6.82. The van der Waals surface area contributed by atoms with E-state index < -0.39 is 11.3 Å². The molecule has 0 amide bonds. The van der Waals surface area contributed by atoms with Crippen molar-refractivity contribution in [3.05, 3.63) is 35.9 Å². The second-order valence-electron chi connectivity index (χ2n) is 2.56. The van der Waals surface area contributed by atoms with Gasteiger partial charge in [0.2, 0.25) is 5.24 Å². The van der Waals surface area contributed by atoms with Crippen molar-refractivity contribution in [1.82, 2.24) is 0 Å². The molecule has 0 fully saturated rings. The van der Waals surface area contributed by atoms with Crippen LogP contribution in [0.2, 0.25) is 0 Å². The molecule has 3 nitrogen and oxygen atoms in total. The van der Waals surface area contributed by atoms with Crippen LogP contribution in [0, 0.1) is 5.41 Å². The molecule has 0 aliphatic rings. The molecule has 1 atom stereocenters. The Morgan fingerprint density at radius 3 is 2.38 bits per heavy atom. The topological polar surface area (TPSA) is 66.9 Å². The van der Waals surface area contributed by atoms with Crippen LogP contribution in [-0.4, -0.2) is 17.0 Å². The lowest BCUT2D eigenvalue weighted by Crippen LogP contribution is -2.35. The molecule has 0 aromatic heterocycles. The molecule has 4 heteroatoms. The first-order valence-electron chi connectivity index (χ1n) is 3.71. The normalized spacial score (nSPS) is 12.2. The zero-order chi connectivity index (χ0) is 9.84. The Kier molecular flexibility index (Phi) is 3.17. The number of carbonyl (C=O) groups is 1. The molecule has 0 saturated carbocycles. The van der Waals surface area contributed by atoms with Crippen LogP contribution in [0.1, 0.15) is 5.56 Å². The number of nitrogens with two attached hydrogens (primary N) is 1. The van der Waals surface area contributed by atoms with E-state index >= 15 is 0 Å². The van der Waals surface area contributed by atoms with Crippen LogP contribution < -0.4 is 5.73 Å². The van der Waals surface area contributed by atoms with Crippen molar-refractivity contribution in [2.24, 2.45) is 5.73 Å². The largest absolute Gasteiger partial charge is 0.315 e. The van der Waals surface area contributed by atoms with Gasteiger partial charge in [0.25, 0.3) is 0 Å². The highest BCUT2D eigenvalue weighted by molar-refractivity contribution is 6.67. The fourth-order valence-electron chi connectivity index (χ4n) is 0.911. The van der Waals surface area contributed by atoms with E-state index in [0.29, 0.717) is 5.56 Å². The number of hydrogen-bond acceptors (Lipinski definition) is 3. The second-order valence-corrected chi connectivity index (χ2v) is 2.93. The maximum absolute atomic E-state index is 10.7. The fraction of sp³-hybridized carbons (Fsp3) is 0.111. The van der Waals surface area contributed by atoms with Crippen LogP contribution in [-0.2, 0) is 4.79 Å². The SMILES string of the molecule is N=C(c1ccccc1)C(N)C(=O)Cl. The summed E-state index contributed by atoms with van der Waals surface area (Å²) in [6, 6.07) is 7.75. The first-order valence-corrected chi connectivity index (χ1v) is 4.09. The number of hydrogen-bond donors (Lipinski definition) is 2. The standard InChI is InChI=1S/C9H9ClN2O/c10-9(13)8(12)7(11)6-4-2-1-3-5-6/h1-5,8,11H,12H2. The van der Waals surface area contributed by atoms with Crippen LogP contribution in [0.3, 0.4) is 0 Å². The molecule has 0 spiro atoms. The van der Waals surface area contributed by atoms with Gasteiger partial charge in [-0.15, -0.1) is 0 Å². The van der Waals surface area contributed by atoms with Gasteiger partial charge in [0.1, 0.15) is 6.04 Å².